The van der Waals surface area contributed by atoms with Crippen molar-refractivity contribution in [2.24, 2.45) is 0 Å². The van der Waals surface area contributed by atoms with E-state index in [1.807, 2.05) is 18.2 Å². The van der Waals surface area contributed by atoms with Gasteiger partial charge in [-0.3, -0.25) is 0 Å². The Hall–Kier alpha value is -1.32. The number of ether oxygens (including phenoxy) is 1. The molecule has 0 amide bonds. The number of rotatable bonds is 4. The Morgan fingerprint density at radius 3 is 2.88 bits per heavy atom. The molecule has 0 bridgehead atoms. The molecule has 1 aromatic heterocycles. The average Bonchev–Trinajstić information content (AvgIpc) is 2.80. The zero-order chi connectivity index (χ0) is 11.4. The number of thiophene rings is 1. The van der Waals surface area contributed by atoms with E-state index in [1.165, 1.54) is 5.56 Å². The van der Waals surface area contributed by atoms with Gasteiger partial charge in [0.1, 0.15) is 12.4 Å². The molecule has 0 fully saturated rings. The van der Waals surface area contributed by atoms with E-state index in [0.717, 1.165) is 11.3 Å². The molecular weight excluding hydrogens is 220 g/mol. The molecule has 1 unspecified atom stereocenters. The van der Waals surface area contributed by atoms with Crippen molar-refractivity contribution in [2.75, 3.05) is 6.61 Å². The first-order chi connectivity index (χ1) is 7.75. The van der Waals surface area contributed by atoms with Crippen LogP contribution in [0.4, 0.5) is 0 Å². The summed E-state index contributed by atoms with van der Waals surface area (Å²) in [4.78, 5) is 0. The molecule has 0 saturated heterocycles. The van der Waals surface area contributed by atoms with Crippen molar-refractivity contribution < 1.29 is 9.84 Å². The average molecular weight is 234 g/mol. The number of aliphatic hydroxyl groups excluding tert-OH is 1. The van der Waals surface area contributed by atoms with Gasteiger partial charge in [-0.1, -0.05) is 12.1 Å². The molecule has 3 heteroatoms. The fraction of sp³-hybridized carbons (Fsp3) is 0.231. The molecule has 84 valence electrons. The maximum Gasteiger partial charge on any atom is 0.120 e. The van der Waals surface area contributed by atoms with Gasteiger partial charge in [0.2, 0.25) is 0 Å². The van der Waals surface area contributed by atoms with Gasteiger partial charge >= 0.3 is 0 Å². The van der Waals surface area contributed by atoms with Crippen LogP contribution in [0.25, 0.3) is 11.1 Å². The Morgan fingerprint density at radius 1 is 1.31 bits per heavy atom. The lowest BCUT2D eigenvalue weighted by atomic mass is 10.1. The summed E-state index contributed by atoms with van der Waals surface area (Å²) in [6, 6.07) is 9.99. The van der Waals surface area contributed by atoms with E-state index in [0.29, 0.717) is 6.61 Å². The van der Waals surface area contributed by atoms with E-state index >= 15 is 0 Å². The minimum absolute atomic E-state index is 0.326. The highest BCUT2D eigenvalue weighted by Gasteiger charge is 2.01. The second kappa shape index (κ2) is 5.14. The third kappa shape index (κ3) is 2.84. The monoisotopic (exact) mass is 234 g/mol. The predicted molar refractivity (Wildman–Crippen MR) is 66.9 cm³/mol. The van der Waals surface area contributed by atoms with E-state index in [4.69, 9.17) is 9.84 Å². The summed E-state index contributed by atoms with van der Waals surface area (Å²) in [5.74, 6) is 0.796. The van der Waals surface area contributed by atoms with Crippen LogP contribution in [0.3, 0.4) is 0 Å². The fourth-order valence-electron chi connectivity index (χ4n) is 1.41. The molecular formula is C13H14O2S. The van der Waals surface area contributed by atoms with Crippen molar-refractivity contribution in [2.45, 2.75) is 13.0 Å². The molecule has 2 nitrogen and oxygen atoms in total. The van der Waals surface area contributed by atoms with Crippen LogP contribution in [-0.4, -0.2) is 17.8 Å². The van der Waals surface area contributed by atoms with Gasteiger partial charge in [0.15, 0.2) is 0 Å². The molecule has 1 aromatic carbocycles. The first-order valence-electron chi connectivity index (χ1n) is 5.19. The molecule has 0 aliphatic rings. The Balaban J connectivity index is 2.14. The van der Waals surface area contributed by atoms with Gasteiger partial charge in [0, 0.05) is 0 Å². The lowest BCUT2D eigenvalue weighted by Gasteiger charge is -2.08. The van der Waals surface area contributed by atoms with Gasteiger partial charge in [-0.05, 0) is 47.0 Å². The van der Waals surface area contributed by atoms with E-state index in [-0.39, 0.29) is 0 Å². The van der Waals surface area contributed by atoms with E-state index in [9.17, 15) is 0 Å². The molecule has 0 aliphatic heterocycles. The lowest BCUT2D eigenvalue weighted by molar-refractivity contribution is 0.123. The maximum absolute atomic E-state index is 9.14. The van der Waals surface area contributed by atoms with Crippen LogP contribution in [0, 0.1) is 0 Å². The van der Waals surface area contributed by atoms with Crippen molar-refractivity contribution >= 4 is 11.3 Å². The van der Waals surface area contributed by atoms with Crippen LogP contribution in [0.1, 0.15) is 6.92 Å². The van der Waals surface area contributed by atoms with Crippen LogP contribution in [0.2, 0.25) is 0 Å². The minimum Gasteiger partial charge on any atom is -0.491 e. The number of aliphatic hydroxyl groups is 1. The normalized spacial score (nSPS) is 12.4. The highest BCUT2D eigenvalue weighted by Crippen LogP contribution is 2.25. The Bertz CT molecular complexity index is 435. The molecule has 1 heterocycles. The summed E-state index contributed by atoms with van der Waals surface area (Å²) in [7, 11) is 0. The maximum atomic E-state index is 9.14. The summed E-state index contributed by atoms with van der Waals surface area (Å²) < 4.78 is 5.46. The molecule has 0 spiro atoms. The Kier molecular flexibility index (Phi) is 3.59. The van der Waals surface area contributed by atoms with Crippen molar-refractivity contribution in [1.29, 1.82) is 0 Å². The van der Waals surface area contributed by atoms with Gasteiger partial charge in [-0.15, -0.1) is 0 Å². The molecule has 2 rings (SSSR count). The highest BCUT2D eigenvalue weighted by molar-refractivity contribution is 7.08. The third-order valence-corrected chi connectivity index (χ3v) is 2.86. The van der Waals surface area contributed by atoms with Crippen molar-refractivity contribution in [3.05, 3.63) is 41.1 Å². The molecule has 0 saturated carbocycles. The van der Waals surface area contributed by atoms with Crippen LogP contribution in [0.5, 0.6) is 5.75 Å². The summed E-state index contributed by atoms with van der Waals surface area (Å²) in [6.45, 7) is 2.04. The van der Waals surface area contributed by atoms with E-state index in [1.54, 1.807) is 18.3 Å². The third-order valence-electron chi connectivity index (χ3n) is 2.18. The van der Waals surface area contributed by atoms with Gasteiger partial charge in [0.25, 0.3) is 0 Å². The second-order valence-electron chi connectivity index (χ2n) is 3.70. The van der Waals surface area contributed by atoms with Crippen molar-refractivity contribution in [3.8, 4) is 16.9 Å². The molecule has 0 aliphatic carbocycles. The van der Waals surface area contributed by atoms with E-state index in [2.05, 4.69) is 22.9 Å². The van der Waals surface area contributed by atoms with Crippen LogP contribution < -0.4 is 4.74 Å². The summed E-state index contributed by atoms with van der Waals surface area (Å²) in [6.07, 6.45) is -0.440. The molecule has 2 aromatic rings. The van der Waals surface area contributed by atoms with Gasteiger partial charge in [-0.25, -0.2) is 0 Å². The molecule has 1 atom stereocenters. The Morgan fingerprint density at radius 2 is 2.19 bits per heavy atom. The highest BCUT2D eigenvalue weighted by atomic mass is 32.1. The summed E-state index contributed by atoms with van der Waals surface area (Å²) >= 11 is 1.68. The van der Waals surface area contributed by atoms with Crippen molar-refractivity contribution in [3.63, 3.8) is 0 Å². The smallest absolute Gasteiger partial charge is 0.120 e. The fourth-order valence-corrected chi connectivity index (χ4v) is 2.08. The predicted octanol–water partition coefficient (Wildman–Crippen LogP) is 3.17. The van der Waals surface area contributed by atoms with Crippen LogP contribution in [0.15, 0.2) is 41.1 Å². The summed E-state index contributed by atoms with van der Waals surface area (Å²) in [5.41, 5.74) is 2.34. The minimum atomic E-state index is -0.440. The second-order valence-corrected chi connectivity index (χ2v) is 4.48. The van der Waals surface area contributed by atoms with Gasteiger partial charge < -0.3 is 9.84 Å². The van der Waals surface area contributed by atoms with Crippen molar-refractivity contribution in [1.82, 2.24) is 0 Å². The number of hydrogen-bond donors (Lipinski definition) is 1. The first-order valence-corrected chi connectivity index (χ1v) is 6.13. The zero-order valence-corrected chi connectivity index (χ0v) is 9.91. The quantitative estimate of drug-likeness (QED) is 0.880. The van der Waals surface area contributed by atoms with Crippen LogP contribution >= 0.6 is 11.3 Å². The lowest BCUT2D eigenvalue weighted by Crippen LogP contribution is -2.12. The summed E-state index contributed by atoms with van der Waals surface area (Å²) in [5, 5.41) is 13.3. The standard InChI is InChI=1S/C13H14O2S/c1-10(14)8-15-13-4-2-3-11(7-13)12-5-6-16-9-12/h2-7,9-10,14H,8H2,1H3. The zero-order valence-electron chi connectivity index (χ0n) is 9.09. The van der Waals surface area contributed by atoms with Gasteiger partial charge in [0.05, 0.1) is 6.10 Å². The largest absolute Gasteiger partial charge is 0.491 e. The van der Waals surface area contributed by atoms with Crippen LogP contribution in [-0.2, 0) is 0 Å². The number of benzene rings is 1. The molecule has 1 N–H and O–H groups in total. The van der Waals surface area contributed by atoms with Gasteiger partial charge in [-0.2, -0.15) is 11.3 Å². The van der Waals surface area contributed by atoms with E-state index < -0.39 is 6.10 Å². The SMILES string of the molecule is CC(O)COc1cccc(-c2ccsc2)c1. The molecule has 0 radical (unpaired) electrons. The Labute approximate surface area is 99.1 Å². The number of hydrogen-bond acceptors (Lipinski definition) is 3. The first kappa shape index (κ1) is 11.2. The molecule has 16 heavy (non-hydrogen) atoms. The topological polar surface area (TPSA) is 29.5 Å².